The second-order valence-corrected chi connectivity index (χ2v) is 8.24. The Hall–Kier alpha value is -2.64. The van der Waals surface area contributed by atoms with Gasteiger partial charge in [-0.05, 0) is 31.0 Å². The van der Waals surface area contributed by atoms with Gasteiger partial charge in [-0.2, -0.15) is 0 Å². The Morgan fingerprint density at radius 3 is 2.21 bits per heavy atom. The number of amides is 2. The molecule has 2 rings (SSSR count). The Labute approximate surface area is 204 Å². The molecule has 2 aromatic carbocycles. The highest BCUT2D eigenvalue weighted by molar-refractivity contribution is 6.42. The summed E-state index contributed by atoms with van der Waals surface area (Å²) in [4.78, 5) is 27.3. The van der Waals surface area contributed by atoms with E-state index in [9.17, 15) is 9.59 Å². The zero-order valence-corrected chi connectivity index (χ0v) is 20.8. The van der Waals surface area contributed by atoms with Crippen LogP contribution in [0, 0.1) is 0 Å². The first kappa shape index (κ1) is 26.6. The first-order valence-electron chi connectivity index (χ1n) is 10.7. The van der Waals surface area contributed by atoms with E-state index in [1.54, 1.807) is 43.3 Å². The number of hydrogen-bond donors (Lipinski definition) is 1. The fourth-order valence-electron chi connectivity index (χ4n) is 3.05. The Bertz CT molecular complexity index is 932. The lowest BCUT2D eigenvalue weighted by Crippen LogP contribution is -2.49. The van der Waals surface area contributed by atoms with Gasteiger partial charge in [-0.1, -0.05) is 42.6 Å². The number of ether oxygens (including phenoxy) is 3. The van der Waals surface area contributed by atoms with E-state index in [4.69, 9.17) is 37.4 Å². The lowest BCUT2D eigenvalue weighted by Gasteiger charge is -2.29. The summed E-state index contributed by atoms with van der Waals surface area (Å²) in [6.07, 6.45) is 1.82. The maximum atomic E-state index is 13.2. The lowest BCUT2D eigenvalue weighted by molar-refractivity contribution is -0.142. The van der Waals surface area contributed by atoms with Gasteiger partial charge in [0.1, 0.15) is 23.3 Å². The molecule has 1 atom stereocenters. The van der Waals surface area contributed by atoms with Crippen molar-refractivity contribution in [3.05, 3.63) is 52.0 Å². The van der Waals surface area contributed by atoms with Crippen LogP contribution in [0.25, 0.3) is 0 Å². The number of hydrogen-bond acceptors (Lipinski definition) is 5. The van der Waals surface area contributed by atoms with E-state index in [1.165, 1.54) is 19.1 Å². The molecule has 0 aliphatic heterocycles. The van der Waals surface area contributed by atoms with Crippen LogP contribution in [-0.4, -0.2) is 50.1 Å². The fourth-order valence-corrected chi connectivity index (χ4v) is 3.37. The third-order valence-electron chi connectivity index (χ3n) is 5.02. The highest BCUT2D eigenvalue weighted by Crippen LogP contribution is 2.28. The number of nitrogens with zero attached hydrogens (tertiary/aromatic N) is 1. The minimum absolute atomic E-state index is 0.170. The molecule has 0 saturated heterocycles. The minimum atomic E-state index is -0.716. The zero-order valence-electron chi connectivity index (χ0n) is 19.3. The summed E-state index contributed by atoms with van der Waals surface area (Å²) in [5.41, 5.74) is 0.744. The predicted octanol–water partition coefficient (Wildman–Crippen LogP) is 4.72. The second-order valence-electron chi connectivity index (χ2n) is 7.43. The van der Waals surface area contributed by atoms with Gasteiger partial charge >= 0.3 is 0 Å². The summed E-state index contributed by atoms with van der Waals surface area (Å²) in [5.74, 6) is 0.885. The Morgan fingerprint density at radius 2 is 1.64 bits per heavy atom. The fraction of sp³-hybridized carbons (Fsp3) is 0.417. The molecule has 1 N–H and O–H groups in total. The summed E-state index contributed by atoms with van der Waals surface area (Å²) in [6.45, 7) is 4.17. The molecule has 9 heteroatoms. The molecular weight excluding hydrogens is 467 g/mol. The normalized spacial score (nSPS) is 11.5. The van der Waals surface area contributed by atoms with Crippen molar-refractivity contribution in [3.8, 4) is 17.2 Å². The molecule has 180 valence electrons. The maximum absolute atomic E-state index is 13.2. The molecule has 7 nitrogen and oxygen atoms in total. The molecule has 33 heavy (non-hydrogen) atoms. The Morgan fingerprint density at radius 1 is 1.00 bits per heavy atom. The number of carbonyl (C=O) groups excluding carboxylic acids is 2. The summed E-state index contributed by atoms with van der Waals surface area (Å²) in [7, 11) is 3.06. The van der Waals surface area contributed by atoms with E-state index in [0.29, 0.717) is 33.8 Å². The number of carbonyl (C=O) groups is 2. The van der Waals surface area contributed by atoms with Gasteiger partial charge in [0.2, 0.25) is 5.91 Å². The molecule has 0 aromatic heterocycles. The van der Waals surface area contributed by atoms with Crippen LogP contribution in [-0.2, 0) is 16.1 Å². The third kappa shape index (κ3) is 8.02. The smallest absolute Gasteiger partial charge is 0.261 e. The van der Waals surface area contributed by atoms with Crippen molar-refractivity contribution in [2.45, 2.75) is 39.3 Å². The standard InChI is InChI=1S/C24H30Cl2N2O5/c1-5-6-9-27-24(30)16(2)28(14-17-7-8-21(25)22(26)10-17)23(29)15-33-20-12-18(31-3)11-19(13-20)32-4/h7-8,10-13,16H,5-6,9,14-15H2,1-4H3,(H,27,30)/t16-/m0/s1. The van der Waals surface area contributed by atoms with Gasteiger partial charge in [0.25, 0.3) is 5.91 Å². The minimum Gasteiger partial charge on any atom is -0.496 e. The van der Waals surface area contributed by atoms with Crippen molar-refractivity contribution in [2.75, 3.05) is 27.4 Å². The molecule has 0 saturated carbocycles. The first-order valence-corrected chi connectivity index (χ1v) is 11.4. The summed E-state index contributed by atoms with van der Waals surface area (Å²) in [6, 6.07) is 9.40. The SMILES string of the molecule is CCCCNC(=O)[C@H](C)N(Cc1ccc(Cl)c(Cl)c1)C(=O)COc1cc(OC)cc(OC)c1. The van der Waals surface area contributed by atoms with Gasteiger partial charge in [-0.15, -0.1) is 0 Å². The van der Waals surface area contributed by atoms with E-state index < -0.39 is 6.04 Å². The van der Waals surface area contributed by atoms with Crippen LogP contribution in [0.5, 0.6) is 17.2 Å². The number of rotatable bonds is 12. The number of methoxy groups -OCH3 is 2. The largest absolute Gasteiger partial charge is 0.496 e. The summed E-state index contributed by atoms with van der Waals surface area (Å²) < 4.78 is 16.2. The highest BCUT2D eigenvalue weighted by atomic mass is 35.5. The molecule has 2 amide bonds. The van der Waals surface area contributed by atoms with Gasteiger partial charge in [0, 0.05) is 31.3 Å². The molecule has 0 aliphatic rings. The van der Waals surface area contributed by atoms with Gasteiger partial charge in [-0.3, -0.25) is 9.59 Å². The number of nitrogens with one attached hydrogen (secondary N) is 1. The third-order valence-corrected chi connectivity index (χ3v) is 5.76. The summed E-state index contributed by atoms with van der Waals surface area (Å²) in [5, 5.41) is 3.67. The quantitative estimate of drug-likeness (QED) is 0.430. The predicted molar refractivity (Wildman–Crippen MR) is 129 cm³/mol. The molecule has 0 radical (unpaired) electrons. The van der Waals surface area contributed by atoms with Crippen molar-refractivity contribution in [1.82, 2.24) is 10.2 Å². The molecule has 0 unspecified atom stereocenters. The number of halogens is 2. The van der Waals surface area contributed by atoms with Crippen molar-refractivity contribution < 1.29 is 23.8 Å². The van der Waals surface area contributed by atoms with Crippen LogP contribution in [0.3, 0.4) is 0 Å². The van der Waals surface area contributed by atoms with Gasteiger partial charge in [-0.25, -0.2) is 0 Å². The van der Waals surface area contributed by atoms with Crippen LogP contribution in [0.4, 0.5) is 0 Å². The average Bonchev–Trinajstić information content (AvgIpc) is 2.82. The highest BCUT2D eigenvalue weighted by Gasteiger charge is 2.26. The van der Waals surface area contributed by atoms with Crippen LogP contribution < -0.4 is 19.5 Å². The number of unbranched alkanes of at least 4 members (excludes halogenated alkanes) is 1. The van der Waals surface area contributed by atoms with Crippen molar-refractivity contribution >= 4 is 35.0 Å². The molecule has 0 aliphatic carbocycles. The Kier molecular flexibility index (Phi) is 10.6. The zero-order chi connectivity index (χ0) is 24.4. The molecule has 0 fully saturated rings. The van der Waals surface area contributed by atoms with Gasteiger partial charge in [0.05, 0.1) is 24.3 Å². The van der Waals surface area contributed by atoms with Crippen molar-refractivity contribution in [3.63, 3.8) is 0 Å². The molecular formula is C24H30Cl2N2O5. The van der Waals surface area contributed by atoms with Crippen molar-refractivity contribution in [2.24, 2.45) is 0 Å². The van der Waals surface area contributed by atoms with Gasteiger partial charge in [0.15, 0.2) is 6.61 Å². The van der Waals surface area contributed by atoms with Crippen LogP contribution in [0.15, 0.2) is 36.4 Å². The van der Waals surface area contributed by atoms with Crippen LogP contribution in [0.2, 0.25) is 10.0 Å². The molecule has 0 spiro atoms. The second kappa shape index (κ2) is 13.2. The topological polar surface area (TPSA) is 77.1 Å². The van der Waals surface area contributed by atoms with E-state index in [-0.39, 0.29) is 25.0 Å². The van der Waals surface area contributed by atoms with E-state index in [2.05, 4.69) is 5.32 Å². The van der Waals surface area contributed by atoms with E-state index in [1.807, 2.05) is 6.92 Å². The van der Waals surface area contributed by atoms with E-state index in [0.717, 1.165) is 18.4 Å². The molecule has 0 heterocycles. The lowest BCUT2D eigenvalue weighted by atomic mass is 10.1. The monoisotopic (exact) mass is 496 g/mol. The summed E-state index contributed by atoms with van der Waals surface area (Å²) >= 11 is 12.2. The van der Waals surface area contributed by atoms with Crippen LogP contribution in [0.1, 0.15) is 32.3 Å². The first-order chi connectivity index (χ1) is 15.8. The van der Waals surface area contributed by atoms with E-state index >= 15 is 0 Å². The number of benzene rings is 2. The van der Waals surface area contributed by atoms with Gasteiger partial charge < -0.3 is 24.4 Å². The maximum Gasteiger partial charge on any atom is 0.261 e. The average molecular weight is 497 g/mol. The van der Waals surface area contributed by atoms with Crippen LogP contribution >= 0.6 is 23.2 Å². The van der Waals surface area contributed by atoms with Crippen molar-refractivity contribution in [1.29, 1.82) is 0 Å². The molecule has 2 aromatic rings. The molecule has 0 bridgehead atoms. The Balaban J connectivity index is 2.19.